The highest BCUT2D eigenvalue weighted by Crippen LogP contribution is 2.32. The van der Waals surface area contributed by atoms with Crippen molar-refractivity contribution in [2.45, 2.75) is 18.8 Å². The van der Waals surface area contributed by atoms with Crippen LogP contribution in [0.25, 0.3) is 21.9 Å². The lowest BCUT2D eigenvalue weighted by Crippen LogP contribution is -2.28. The first-order valence-electron chi connectivity index (χ1n) is 6.85. The van der Waals surface area contributed by atoms with Gasteiger partial charge in [-0.05, 0) is 43.0 Å². The smallest absolute Gasteiger partial charge is 0.137 e. The van der Waals surface area contributed by atoms with Gasteiger partial charge >= 0.3 is 0 Å². The normalized spacial score (nSPS) is 20.1. The van der Waals surface area contributed by atoms with Crippen molar-refractivity contribution in [3.8, 4) is 0 Å². The number of pyridine rings is 2. The number of nitrogens with zero attached hydrogens (tertiary/aromatic N) is 2. The quantitative estimate of drug-likeness (QED) is 0.700. The van der Waals surface area contributed by atoms with Gasteiger partial charge in [-0.15, -0.1) is 0 Å². The molecule has 1 unspecified atom stereocenters. The number of hydrogen-bond acceptors (Lipinski definition) is 3. The zero-order valence-corrected chi connectivity index (χ0v) is 10.7. The van der Waals surface area contributed by atoms with Gasteiger partial charge < -0.3 is 10.3 Å². The summed E-state index contributed by atoms with van der Waals surface area (Å²) in [6.07, 6.45) is 8.23. The van der Waals surface area contributed by atoms with Crippen LogP contribution in [0, 0.1) is 0 Å². The maximum atomic E-state index is 4.47. The molecular formula is C15H16N4. The molecule has 96 valence electrons. The maximum Gasteiger partial charge on any atom is 0.137 e. The molecule has 3 aromatic heterocycles. The molecule has 0 saturated carbocycles. The van der Waals surface area contributed by atoms with Crippen molar-refractivity contribution in [3.05, 3.63) is 36.3 Å². The Morgan fingerprint density at radius 3 is 3.11 bits per heavy atom. The number of nitrogens with one attached hydrogen (secondary N) is 2. The molecule has 1 aliphatic rings. The molecule has 1 aliphatic heterocycles. The Labute approximate surface area is 111 Å². The van der Waals surface area contributed by atoms with Gasteiger partial charge in [0.15, 0.2) is 0 Å². The third kappa shape index (κ3) is 1.71. The molecule has 4 heterocycles. The first-order valence-corrected chi connectivity index (χ1v) is 6.85. The lowest BCUT2D eigenvalue weighted by atomic mass is 9.89. The Hall–Kier alpha value is -1.94. The second kappa shape index (κ2) is 4.31. The predicted molar refractivity (Wildman–Crippen MR) is 76.2 cm³/mol. The molecule has 19 heavy (non-hydrogen) atoms. The molecule has 0 aliphatic carbocycles. The Balaban J connectivity index is 2.00. The van der Waals surface area contributed by atoms with E-state index in [1.54, 1.807) is 0 Å². The molecular weight excluding hydrogens is 236 g/mol. The van der Waals surface area contributed by atoms with E-state index in [4.69, 9.17) is 0 Å². The molecule has 0 spiro atoms. The molecule has 1 atom stereocenters. The van der Waals surface area contributed by atoms with Gasteiger partial charge in [0.25, 0.3) is 0 Å². The first-order chi connectivity index (χ1) is 9.43. The summed E-state index contributed by atoms with van der Waals surface area (Å²) in [5.41, 5.74) is 3.35. The Morgan fingerprint density at radius 1 is 1.21 bits per heavy atom. The zero-order chi connectivity index (χ0) is 12.7. The Bertz CT molecular complexity index is 725. The molecule has 3 aromatic rings. The molecule has 0 bridgehead atoms. The van der Waals surface area contributed by atoms with E-state index in [1.165, 1.54) is 29.2 Å². The summed E-state index contributed by atoms with van der Waals surface area (Å²) >= 11 is 0. The number of hydrogen-bond donors (Lipinski definition) is 2. The van der Waals surface area contributed by atoms with Crippen LogP contribution in [-0.2, 0) is 0 Å². The standard InChI is InChI=1S/C15H16N4/c1-2-10(8-16-5-1)11-3-6-17-13-9-19-15-12(14(11)13)4-7-18-15/h3-4,6-7,9-10,16H,1-2,5,8H2,(H,18,19). The third-order valence-corrected chi connectivity index (χ3v) is 4.06. The Kier molecular flexibility index (Phi) is 2.48. The highest BCUT2D eigenvalue weighted by atomic mass is 14.9. The fraction of sp³-hybridized carbons (Fsp3) is 0.333. The molecule has 0 aromatic carbocycles. The highest BCUT2D eigenvalue weighted by Gasteiger charge is 2.19. The molecule has 0 radical (unpaired) electrons. The first kappa shape index (κ1) is 10.9. The van der Waals surface area contributed by atoms with Gasteiger partial charge in [0.2, 0.25) is 0 Å². The number of piperidine rings is 1. The van der Waals surface area contributed by atoms with Crippen LogP contribution in [0.1, 0.15) is 24.3 Å². The second-order valence-corrected chi connectivity index (χ2v) is 5.20. The maximum absolute atomic E-state index is 4.47. The van der Waals surface area contributed by atoms with E-state index in [2.05, 4.69) is 32.4 Å². The van der Waals surface area contributed by atoms with E-state index in [1.807, 2.05) is 18.6 Å². The number of aromatic nitrogens is 3. The van der Waals surface area contributed by atoms with Crippen LogP contribution >= 0.6 is 0 Å². The average molecular weight is 252 g/mol. The molecule has 1 saturated heterocycles. The van der Waals surface area contributed by atoms with Gasteiger partial charge in [-0.2, -0.15) is 0 Å². The SMILES string of the molecule is c1cc(C2CCCNC2)c2c(cnc3[nH]ccc32)n1. The Morgan fingerprint density at radius 2 is 2.21 bits per heavy atom. The van der Waals surface area contributed by atoms with Crippen molar-refractivity contribution in [2.24, 2.45) is 0 Å². The molecule has 2 N–H and O–H groups in total. The summed E-state index contributed by atoms with van der Waals surface area (Å²) in [6.45, 7) is 2.20. The largest absolute Gasteiger partial charge is 0.346 e. The van der Waals surface area contributed by atoms with Gasteiger partial charge in [-0.1, -0.05) is 0 Å². The van der Waals surface area contributed by atoms with Crippen molar-refractivity contribution in [1.82, 2.24) is 20.3 Å². The number of rotatable bonds is 1. The minimum atomic E-state index is 0.583. The van der Waals surface area contributed by atoms with Crippen LogP contribution in [0.3, 0.4) is 0 Å². The lowest BCUT2D eigenvalue weighted by Gasteiger charge is -2.24. The third-order valence-electron chi connectivity index (χ3n) is 4.06. The minimum Gasteiger partial charge on any atom is -0.346 e. The van der Waals surface area contributed by atoms with Crippen LogP contribution < -0.4 is 5.32 Å². The molecule has 4 rings (SSSR count). The highest BCUT2D eigenvalue weighted by molar-refractivity contribution is 6.05. The number of fused-ring (bicyclic) bond motifs is 3. The summed E-state index contributed by atoms with van der Waals surface area (Å²) in [6, 6.07) is 4.28. The molecule has 1 fully saturated rings. The second-order valence-electron chi connectivity index (χ2n) is 5.20. The predicted octanol–water partition coefficient (Wildman–Crippen LogP) is 2.58. The van der Waals surface area contributed by atoms with Gasteiger partial charge in [0.1, 0.15) is 5.65 Å². The van der Waals surface area contributed by atoms with E-state index >= 15 is 0 Å². The minimum absolute atomic E-state index is 0.583. The van der Waals surface area contributed by atoms with Crippen molar-refractivity contribution < 1.29 is 0 Å². The summed E-state index contributed by atoms with van der Waals surface area (Å²) in [5.74, 6) is 0.583. The van der Waals surface area contributed by atoms with Crippen molar-refractivity contribution >= 4 is 21.9 Å². The van der Waals surface area contributed by atoms with Gasteiger partial charge in [-0.3, -0.25) is 4.98 Å². The van der Waals surface area contributed by atoms with Gasteiger partial charge in [0.05, 0.1) is 11.7 Å². The van der Waals surface area contributed by atoms with Crippen LogP contribution in [0.2, 0.25) is 0 Å². The molecule has 0 amide bonds. The topological polar surface area (TPSA) is 53.6 Å². The van der Waals surface area contributed by atoms with E-state index < -0.39 is 0 Å². The van der Waals surface area contributed by atoms with E-state index in [0.29, 0.717) is 5.92 Å². The van der Waals surface area contributed by atoms with Crippen LogP contribution in [-0.4, -0.2) is 28.0 Å². The molecule has 4 nitrogen and oxygen atoms in total. The lowest BCUT2D eigenvalue weighted by molar-refractivity contribution is 0.463. The van der Waals surface area contributed by atoms with Crippen molar-refractivity contribution in [2.75, 3.05) is 13.1 Å². The van der Waals surface area contributed by atoms with Crippen LogP contribution in [0.5, 0.6) is 0 Å². The summed E-state index contributed by atoms with van der Waals surface area (Å²) in [4.78, 5) is 12.1. The fourth-order valence-corrected chi connectivity index (χ4v) is 3.14. The fourth-order valence-electron chi connectivity index (χ4n) is 3.14. The summed E-state index contributed by atoms with van der Waals surface area (Å²) in [7, 11) is 0. The van der Waals surface area contributed by atoms with E-state index in [-0.39, 0.29) is 0 Å². The summed E-state index contributed by atoms with van der Waals surface area (Å²) < 4.78 is 0. The monoisotopic (exact) mass is 252 g/mol. The van der Waals surface area contributed by atoms with Crippen LogP contribution in [0.4, 0.5) is 0 Å². The van der Waals surface area contributed by atoms with Gasteiger partial charge in [-0.25, -0.2) is 4.98 Å². The number of H-pyrrole nitrogens is 1. The van der Waals surface area contributed by atoms with Crippen LogP contribution in [0.15, 0.2) is 30.7 Å². The van der Waals surface area contributed by atoms with E-state index in [9.17, 15) is 0 Å². The van der Waals surface area contributed by atoms with Crippen molar-refractivity contribution in [3.63, 3.8) is 0 Å². The number of aromatic amines is 1. The van der Waals surface area contributed by atoms with E-state index in [0.717, 1.165) is 24.3 Å². The van der Waals surface area contributed by atoms with Gasteiger partial charge in [0, 0.05) is 29.7 Å². The van der Waals surface area contributed by atoms with Crippen molar-refractivity contribution in [1.29, 1.82) is 0 Å². The average Bonchev–Trinajstić information content (AvgIpc) is 2.96. The molecule has 4 heteroatoms. The zero-order valence-electron chi connectivity index (χ0n) is 10.7. The summed E-state index contributed by atoms with van der Waals surface area (Å²) in [5, 5.41) is 5.95.